The molecule has 6 heteroatoms. The first-order valence-electron chi connectivity index (χ1n) is 11.5. The van der Waals surface area contributed by atoms with Gasteiger partial charge >= 0.3 is 0 Å². The summed E-state index contributed by atoms with van der Waals surface area (Å²) in [6.45, 7) is 7.35. The first kappa shape index (κ1) is 24.8. The van der Waals surface area contributed by atoms with Crippen LogP contribution in [0.15, 0.2) is 66.0 Å². The van der Waals surface area contributed by atoms with Crippen molar-refractivity contribution >= 4 is 22.2 Å². The lowest BCUT2D eigenvalue weighted by molar-refractivity contribution is 0.0545. The van der Waals surface area contributed by atoms with Crippen molar-refractivity contribution < 1.29 is 13.5 Å². The summed E-state index contributed by atoms with van der Waals surface area (Å²) in [6.07, 6.45) is 7.61. The second-order valence-electron chi connectivity index (χ2n) is 8.50. The molecule has 2 heterocycles. The molecule has 1 fully saturated rings. The van der Waals surface area contributed by atoms with Gasteiger partial charge in [0.15, 0.2) is 0 Å². The van der Waals surface area contributed by atoms with Crippen LogP contribution < -0.4 is 10.1 Å². The molecule has 0 amide bonds. The molecule has 0 spiro atoms. The number of benzene rings is 1. The number of hydrogen-bond acceptors (Lipinski definition) is 4. The Hall–Kier alpha value is -2.86. The maximum atomic E-state index is 15.0. The van der Waals surface area contributed by atoms with Crippen LogP contribution >= 0.6 is 0 Å². The van der Waals surface area contributed by atoms with Crippen LogP contribution in [0.2, 0.25) is 0 Å². The van der Waals surface area contributed by atoms with Crippen LogP contribution in [0.25, 0.3) is 16.5 Å². The first-order valence-corrected chi connectivity index (χ1v) is 11.5. The normalized spacial score (nSPS) is 17.0. The van der Waals surface area contributed by atoms with E-state index < -0.39 is 5.67 Å². The zero-order valence-corrected chi connectivity index (χ0v) is 19.5. The Bertz CT molecular complexity index is 1050. The highest BCUT2D eigenvalue weighted by molar-refractivity contribution is 5.92. The number of para-hydroxylation sites is 1. The number of nitrogens with one attached hydrogen (secondary N) is 1. The minimum absolute atomic E-state index is 0.0244. The third kappa shape index (κ3) is 7.32. The van der Waals surface area contributed by atoms with Crippen LogP contribution in [-0.4, -0.2) is 43.1 Å². The maximum absolute atomic E-state index is 15.0. The summed E-state index contributed by atoms with van der Waals surface area (Å²) < 4.78 is 34.7. The average Bonchev–Trinajstić information content (AvgIpc) is 2.83. The number of rotatable bonds is 10. The molecule has 0 bridgehead atoms. The van der Waals surface area contributed by atoms with Gasteiger partial charge in [0.1, 0.15) is 29.4 Å². The highest BCUT2D eigenvalue weighted by atomic mass is 19.1. The van der Waals surface area contributed by atoms with Crippen molar-refractivity contribution in [3.8, 4) is 5.75 Å². The molecule has 1 aliphatic rings. The van der Waals surface area contributed by atoms with Gasteiger partial charge in [0, 0.05) is 18.1 Å². The van der Waals surface area contributed by atoms with Gasteiger partial charge < -0.3 is 10.1 Å². The zero-order chi connectivity index (χ0) is 23.7. The van der Waals surface area contributed by atoms with Gasteiger partial charge in [-0.15, -0.1) is 0 Å². The molecule has 0 saturated carbocycles. The van der Waals surface area contributed by atoms with Gasteiger partial charge in [-0.1, -0.05) is 24.8 Å². The van der Waals surface area contributed by atoms with E-state index in [-0.39, 0.29) is 12.4 Å². The molecule has 0 unspecified atom stereocenters. The number of fused-ring (bicyclic) bond motifs is 1. The first-order chi connectivity index (χ1) is 15.9. The van der Waals surface area contributed by atoms with E-state index in [0.717, 1.165) is 28.8 Å². The summed E-state index contributed by atoms with van der Waals surface area (Å²) in [5.41, 5.74) is 1.82. The number of aliphatic imine (C=N–C) groups is 1. The van der Waals surface area contributed by atoms with Gasteiger partial charge in [0.25, 0.3) is 0 Å². The lowest BCUT2D eigenvalue weighted by Crippen LogP contribution is -2.42. The van der Waals surface area contributed by atoms with Gasteiger partial charge in [0.05, 0.1) is 5.69 Å². The Morgan fingerprint density at radius 1 is 1.24 bits per heavy atom. The number of nitrogens with zero attached hydrogens (tertiary/aromatic N) is 2. The Morgan fingerprint density at radius 3 is 2.79 bits per heavy atom. The van der Waals surface area contributed by atoms with Crippen molar-refractivity contribution in [2.45, 2.75) is 44.7 Å². The predicted octanol–water partition coefficient (Wildman–Crippen LogP) is 6.39. The summed E-state index contributed by atoms with van der Waals surface area (Å²) in [6, 6.07) is 9.60. The lowest BCUT2D eigenvalue weighted by Gasteiger charge is -2.29. The van der Waals surface area contributed by atoms with E-state index in [0.29, 0.717) is 50.0 Å². The Labute approximate surface area is 195 Å². The second kappa shape index (κ2) is 11.8. The number of unbranched alkanes of at least 4 members (excludes halogenated alkanes) is 1. The number of aromatic nitrogens is 1. The van der Waals surface area contributed by atoms with Crippen LogP contribution in [-0.2, 0) is 0 Å². The Kier molecular flexibility index (Phi) is 8.89. The van der Waals surface area contributed by atoms with E-state index in [1.54, 1.807) is 19.2 Å². The van der Waals surface area contributed by atoms with Crippen molar-refractivity contribution in [1.29, 1.82) is 0 Å². The number of halogens is 2. The van der Waals surface area contributed by atoms with E-state index >= 15 is 0 Å². The Morgan fingerprint density at radius 2 is 2.03 bits per heavy atom. The van der Waals surface area contributed by atoms with Gasteiger partial charge in [-0.25, -0.2) is 13.8 Å². The number of hydrogen-bond donors (Lipinski definition) is 1. The van der Waals surface area contributed by atoms with Crippen LogP contribution in [0.3, 0.4) is 0 Å². The van der Waals surface area contributed by atoms with E-state index in [1.807, 2.05) is 37.3 Å². The fourth-order valence-corrected chi connectivity index (χ4v) is 3.69. The molecule has 1 N–H and O–H groups in total. The molecule has 4 nitrogen and oxygen atoms in total. The van der Waals surface area contributed by atoms with E-state index in [1.165, 1.54) is 6.08 Å². The van der Waals surface area contributed by atoms with Gasteiger partial charge in [-0.3, -0.25) is 4.99 Å². The topological polar surface area (TPSA) is 46.5 Å². The molecule has 0 aliphatic carbocycles. The minimum atomic E-state index is -1.31. The maximum Gasteiger partial charge on any atom is 0.147 e. The highest BCUT2D eigenvalue weighted by Gasteiger charge is 2.32. The third-order valence-electron chi connectivity index (χ3n) is 5.89. The van der Waals surface area contributed by atoms with Crippen molar-refractivity contribution in [2.24, 2.45) is 4.99 Å². The summed E-state index contributed by atoms with van der Waals surface area (Å²) in [5, 5.41) is 4.11. The number of piperidine rings is 1. The molecule has 0 radical (unpaired) electrons. The minimum Gasteiger partial charge on any atom is -0.488 e. The monoisotopic (exact) mass is 453 g/mol. The number of allylic oxidation sites excluding steroid dienone is 5. The molecular formula is C27H33F2N3O. The average molecular weight is 454 g/mol. The molecule has 176 valence electrons. The van der Waals surface area contributed by atoms with Crippen molar-refractivity contribution in [2.75, 3.05) is 26.7 Å². The standard InChI is InChI=1S/C27H33F2N3O/c1-20(7-4-5-9-23(28)13-11-21(2)30-3)24-14-12-22-8-6-10-25(26(22)32-24)33-19-27(29)15-17-31-18-16-27/h6,8-14,31H,1,4-5,7,15-19H2,2-3H3/b13-11-,23-9+,30-21?. The largest absolute Gasteiger partial charge is 0.488 e. The summed E-state index contributed by atoms with van der Waals surface area (Å²) in [7, 11) is 1.68. The third-order valence-corrected chi connectivity index (χ3v) is 5.89. The molecule has 33 heavy (non-hydrogen) atoms. The van der Waals surface area contributed by atoms with Crippen LogP contribution in [0, 0.1) is 0 Å². The van der Waals surface area contributed by atoms with E-state index in [2.05, 4.69) is 16.9 Å². The van der Waals surface area contributed by atoms with Crippen molar-refractivity contribution in [1.82, 2.24) is 10.3 Å². The lowest BCUT2D eigenvalue weighted by atomic mass is 9.95. The van der Waals surface area contributed by atoms with E-state index in [9.17, 15) is 8.78 Å². The fourth-order valence-electron chi connectivity index (χ4n) is 3.69. The van der Waals surface area contributed by atoms with Crippen LogP contribution in [0.5, 0.6) is 5.75 Å². The van der Waals surface area contributed by atoms with Gasteiger partial charge in [-0.2, -0.15) is 0 Å². The van der Waals surface area contributed by atoms with Crippen molar-refractivity contribution in [3.63, 3.8) is 0 Å². The quantitative estimate of drug-likeness (QED) is 0.258. The van der Waals surface area contributed by atoms with Crippen LogP contribution in [0.1, 0.15) is 44.7 Å². The van der Waals surface area contributed by atoms with Crippen LogP contribution in [0.4, 0.5) is 8.78 Å². The molecule has 1 aromatic carbocycles. The SMILES string of the molecule is C=C(CCC/C=C(F)\C=C/C(C)=NC)c1ccc2cccc(OCC3(F)CCNCC3)c2n1. The summed E-state index contributed by atoms with van der Waals surface area (Å²) >= 11 is 0. The molecule has 3 rings (SSSR count). The second-order valence-corrected chi connectivity index (χ2v) is 8.50. The molecule has 0 atom stereocenters. The van der Waals surface area contributed by atoms with E-state index in [4.69, 9.17) is 9.72 Å². The summed E-state index contributed by atoms with van der Waals surface area (Å²) in [4.78, 5) is 8.73. The van der Waals surface area contributed by atoms with Crippen molar-refractivity contribution in [3.05, 3.63) is 66.7 Å². The smallest absolute Gasteiger partial charge is 0.147 e. The predicted molar refractivity (Wildman–Crippen MR) is 133 cm³/mol. The molecule has 1 aliphatic heterocycles. The molecule has 1 saturated heterocycles. The molecule has 1 aromatic heterocycles. The molecule has 2 aromatic rings. The number of pyridine rings is 1. The fraction of sp³-hybridized carbons (Fsp3) is 0.407. The van der Waals surface area contributed by atoms with Gasteiger partial charge in [-0.05, 0) is 88.1 Å². The molecular weight excluding hydrogens is 420 g/mol. The van der Waals surface area contributed by atoms with Gasteiger partial charge in [0.2, 0.25) is 0 Å². The number of alkyl halides is 1. The number of ether oxygens (including phenoxy) is 1. The zero-order valence-electron chi connectivity index (χ0n) is 19.5. The Balaban J connectivity index is 1.62. The summed E-state index contributed by atoms with van der Waals surface area (Å²) in [5.74, 6) is 0.314. The highest BCUT2D eigenvalue weighted by Crippen LogP contribution is 2.30.